The zero-order valence-electron chi connectivity index (χ0n) is 13.6. The molecule has 0 heterocycles. The first-order valence-corrected chi connectivity index (χ1v) is 10.6. The summed E-state index contributed by atoms with van der Waals surface area (Å²) >= 11 is 11.9. The van der Waals surface area contributed by atoms with Gasteiger partial charge in [-0.3, -0.25) is 9.10 Å². The summed E-state index contributed by atoms with van der Waals surface area (Å²) in [6, 6.07) is 4.50. The van der Waals surface area contributed by atoms with E-state index in [1.54, 1.807) is 6.07 Å². The van der Waals surface area contributed by atoms with Gasteiger partial charge in [0.05, 0.1) is 17.0 Å². The highest BCUT2D eigenvalue weighted by atomic mass is 35.5. The Labute approximate surface area is 153 Å². The fraction of sp³-hybridized carbons (Fsp3) is 0.562. The summed E-state index contributed by atoms with van der Waals surface area (Å²) in [4.78, 5) is 12.2. The van der Waals surface area contributed by atoms with E-state index in [2.05, 4.69) is 5.32 Å². The van der Waals surface area contributed by atoms with Gasteiger partial charge in [-0.25, -0.2) is 8.42 Å². The Balaban J connectivity index is 2.04. The van der Waals surface area contributed by atoms with Crippen molar-refractivity contribution in [3.63, 3.8) is 0 Å². The molecule has 1 N–H and O–H groups in total. The molecule has 2 rings (SSSR count). The average Bonchev–Trinajstić information content (AvgIpc) is 2.51. The highest BCUT2D eigenvalue weighted by molar-refractivity contribution is 7.92. The van der Waals surface area contributed by atoms with Gasteiger partial charge in [-0.05, 0) is 37.0 Å². The predicted molar refractivity (Wildman–Crippen MR) is 98.2 cm³/mol. The molecule has 1 aliphatic rings. The van der Waals surface area contributed by atoms with Crippen molar-refractivity contribution >= 4 is 44.8 Å². The van der Waals surface area contributed by atoms with Crippen LogP contribution in [0.1, 0.15) is 32.1 Å². The van der Waals surface area contributed by atoms with E-state index in [-0.39, 0.29) is 23.2 Å². The molecule has 1 aliphatic carbocycles. The number of hydrogen-bond acceptors (Lipinski definition) is 3. The van der Waals surface area contributed by atoms with E-state index in [0.717, 1.165) is 23.4 Å². The largest absolute Gasteiger partial charge is 0.354 e. The molecular weight excluding hydrogens is 371 g/mol. The zero-order chi connectivity index (χ0) is 17.7. The summed E-state index contributed by atoms with van der Waals surface area (Å²) in [6.07, 6.45) is 6.90. The summed E-state index contributed by atoms with van der Waals surface area (Å²) in [7, 11) is -3.65. The van der Waals surface area contributed by atoms with E-state index < -0.39 is 10.0 Å². The molecule has 8 heteroatoms. The van der Waals surface area contributed by atoms with Crippen molar-refractivity contribution in [2.45, 2.75) is 32.1 Å². The van der Waals surface area contributed by atoms with Gasteiger partial charge >= 0.3 is 0 Å². The number of hydrogen-bond donors (Lipinski definition) is 1. The molecule has 24 heavy (non-hydrogen) atoms. The highest BCUT2D eigenvalue weighted by Crippen LogP contribution is 2.30. The molecule has 0 aromatic heterocycles. The maximum absolute atomic E-state index is 12.2. The number of nitrogens with one attached hydrogen (secondary N) is 1. The van der Waals surface area contributed by atoms with Gasteiger partial charge in [-0.15, -0.1) is 0 Å². The predicted octanol–water partition coefficient (Wildman–Crippen LogP) is 3.46. The normalized spacial score (nSPS) is 16.0. The van der Waals surface area contributed by atoms with Gasteiger partial charge in [0, 0.05) is 11.6 Å². The Morgan fingerprint density at radius 3 is 2.50 bits per heavy atom. The first kappa shape index (κ1) is 19.3. The molecule has 0 saturated heterocycles. The zero-order valence-corrected chi connectivity index (χ0v) is 15.9. The van der Waals surface area contributed by atoms with Crippen LogP contribution in [0.3, 0.4) is 0 Å². The molecule has 0 radical (unpaired) electrons. The molecule has 1 aromatic rings. The van der Waals surface area contributed by atoms with Gasteiger partial charge < -0.3 is 5.32 Å². The number of rotatable bonds is 6. The maximum Gasteiger partial charge on any atom is 0.240 e. The monoisotopic (exact) mass is 392 g/mol. The number of carbonyl (C=O) groups is 1. The van der Waals surface area contributed by atoms with Crippen LogP contribution in [0.4, 0.5) is 5.69 Å². The smallest absolute Gasteiger partial charge is 0.240 e. The fourth-order valence-electron chi connectivity index (χ4n) is 2.90. The molecule has 1 fully saturated rings. The lowest BCUT2D eigenvalue weighted by Gasteiger charge is -2.25. The molecule has 1 amide bonds. The van der Waals surface area contributed by atoms with E-state index >= 15 is 0 Å². The number of anilines is 1. The van der Waals surface area contributed by atoms with E-state index in [1.807, 2.05) is 0 Å². The van der Waals surface area contributed by atoms with E-state index in [0.29, 0.717) is 17.5 Å². The Bertz CT molecular complexity index is 689. The van der Waals surface area contributed by atoms with Gasteiger partial charge in [-0.1, -0.05) is 42.5 Å². The van der Waals surface area contributed by atoms with Crippen LogP contribution in [0.25, 0.3) is 0 Å². The van der Waals surface area contributed by atoms with Crippen LogP contribution in [0.5, 0.6) is 0 Å². The van der Waals surface area contributed by atoms with Crippen molar-refractivity contribution in [3.05, 3.63) is 28.2 Å². The first-order chi connectivity index (χ1) is 11.3. The lowest BCUT2D eigenvalue weighted by molar-refractivity contribution is -0.119. The summed E-state index contributed by atoms with van der Waals surface area (Å²) in [5.41, 5.74) is 0.247. The number of nitrogens with zero attached hydrogens (tertiary/aromatic N) is 1. The third-order valence-corrected chi connectivity index (χ3v) is 5.84. The molecule has 1 saturated carbocycles. The van der Waals surface area contributed by atoms with Gasteiger partial charge in [0.1, 0.15) is 6.54 Å². The van der Waals surface area contributed by atoms with Crippen molar-refractivity contribution in [2.24, 2.45) is 5.92 Å². The van der Waals surface area contributed by atoms with Crippen LogP contribution in [-0.2, 0) is 14.8 Å². The van der Waals surface area contributed by atoms with Crippen LogP contribution in [0.2, 0.25) is 10.0 Å². The lowest BCUT2D eigenvalue weighted by atomic mass is 9.89. The molecule has 5 nitrogen and oxygen atoms in total. The van der Waals surface area contributed by atoms with Gasteiger partial charge in [0.25, 0.3) is 0 Å². The minimum absolute atomic E-state index is 0.188. The number of halogens is 2. The van der Waals surface area contributed by atoms with E-state index in [9.17, 15) is 13.2 Å². The minimum Gasteiger partial charge on any atom is -0.354 e. The molecule has 0 spiro atoms. The topological polar surface area (TPSA) is 66.5 Å². The third-order valence-electron chi connectivity index (χ3n) is 4.18. The van der Waals surface area contributed by atoms with Crippen LogP contribution >= 0.6 is 23.2 Å². The number of carbonyl (C=O) groups excluding carboxylic acids is 1. The van der Waals surface area contributed by atoms with E-state index in [1.165, 1.54) is 31.4 Å². The van der Waals surface area contributed by atoms with Gasteiger partial charge in [-0.2, -0.15) is 0 Å². The van der Waals surface area contributed by atoms with Crippen molar-refractivity contribution < 1.29 is 13.2 Å². The maximum atomic E-state index is 12.2. The second-order valence-corrected chi connectivity index (χ2v) is 8.92. The van der Waals surface area contributed by atoms with Crippen LogP contribution in [0.15, 0.2) is 18.2 Å². The molecule has 0 atom stereocenters. The number of amides is 1. The standard InChI is InChI=1S/C16H22Cl2N2O3S/c1-24(22,23)20(15-8-7-13(17)9-14(15)18)11-16(21)19-10-12-5-3-2-4-6-12/h7-9,12H,2-6,10-11H2,1H3,(H,19,21). The summed E-state index contributed by atoms with van der Waals surface area (Å²) in [5, 5.41) is 3.43. The van der Waals surface area contributed by atoms with Crippen LogP contribution in [-0.4, -0.2) is 33.7 Å². The van der Waals surface area contributed by atoms with Crippen molar-refractivity contribution in [3.8, 4) is 0 Å². The molecule has 0 unspecified atom stereocenters. The van der Waals surface area contributed by atoms with Crippen LogP contribution in [0, 0.1) is 5.92 Å². The average molecular weight is 393 g/mol. The molecular formula is C16H22Cl2N2O3S. The van der Waals surface area contributed by atoms with Gasteiger partial charge in [0.2, 0.25) is 15.9 Å². The lowest BCUT2D eigenvalue weighted by Crippen LogP contribution is -2.42. The van der Waals surface area contributed by atoms with Crippen LogP contribution < -0.4 is 9.62 Å². The minimum atomic E-state index is -3.65. The summed E-state index contributed by atoms with van der Waals surface area (Å²) < 4.78 is 25.1. The molecule has 0 aliphatic heterocycles. The quantitative estimate of drug-likeness (QED) is 0.805. The molecule has 1 aromatic carbocycles. The number of benzene rings is 1. The first-order valence-electron chi connectivity index (χ1n) is 7.97. The van der Waals surface area contributed by atoms with Gasteiger partial charge in [0.15, 0.2) is 0 Å². The van der Waals surface area contributed by atoms with Crippen molar-refractivity contribution in [1.29, 1.82) is 0 Å². The Morgan fingerprint density at radius 2 is 1.92 bits per heavy atom. The van der Waals surface area contributed by atoms with Crippen molar-refractivity contribution in [1.82, 2.24) is 5.32 Å². The molecule has 0 bridgehead atoms. The SMILES string of the molecule is CS(=O)(=O)N(CC(=O)NCC1CCCCC1)c1ccc(Cl)cc1Cl. The third kappa shape index (κ3) is 5.53. The van der Waals surface area contributed by atoms with Crippen molar-refractivity contribution in [2.75, 3.05) is 23.7 Å². The van der Waals surface area contributed by atoms with E-state index in [4.69, 9.17) is 23.2 Å². The Hall–Kier alpha value is -0.980. The summed E-state index contributed by atoms with van der Waals surface area (Å²) in [6.45, 7) is 0.289. The Kier molecular flexibility index (Phi) is 6.78. The second kappa shape index (κ2) is 8.41. The number of sulfonamides is 1. The summed E-state index contributed by atoms with van der Waals surface area (Å²) in [5.74, 6) is 0.144. The highest BCUT2D eigenvalue weighted by Gasteiger charge is 2.23. The fourth-order valence-corrected chi connectivity index (χ4v) is 4.33. The molecule has 134 valence electrons. The Morgan fingerprint density at radius 1 is 1.25 bits per heavy atom. The second-order valence-electron chi connectivity index (χ2n) is 6.17.